The Morgan fingerprint density at radius 3 is 2.84 bits per heavy atom. The average Bonchev–Trinajstić information content (AvgIpc) is 3.39. The highest BCUT2D eigenvalue weighted by Gasteiger charge is 2.54. The van der Waals surface area contributed by atoms with Crippen molar-refractivity contribution in [3.05, 3.63) is 34.7 Å². The number of likely N-dealkylation sites (tertiary alicyclic amines) is 1. The minimum atomic E-state index is -0.482. The molecular weight excluding hydrogens is 433 g/mol. The van der Waals surface area contributed by atoms with Gasteiger partial charge in [0, 0.05) is 67.2 Å². The van der Waals surface area contributed by atoms with Crippen LogP contribution < -0.4 is 5.43 Å². The molecular formula is C23H29ClFN5O2. The average molecular weight is 462 g/mol. The number of nitrogens with zero attached hydrogens (tertiary/aromatic N) is 3. The van der Waals surface area contributed by atoms with Gasteiger partial charge >= 0.3 is 0 Å². The number of carbonyl (C=O) groups is 1. The first-order chi connectivity index (χ1) is 15.5. The van der Waals surface area contributed by atoms with Gasteiger partial charge in [-0.15, -0.1) is 0 Å². The van der Waals surface area contributed by atoms with Crippen molar-refractivity contribution in [3.63, 3.8) is 0 Å². The number of halogens is 2. The number of aromatic amines is 1. The van der Waals surface area contributed by atoms with Crippen molar-refractivity contribution >= 4 is 28.4 Å². The van der Waals surface area contributed by atoms with Crippen molar-refractivity contribution in [2.45, 2.75) is 43.3 Å². The summed E-state index contributed by atoms with van der Waals surface area (Å²) in [5.74, 6) is -0.183. The molecule has 4 fully saturated rings. The number of hydrogen-bond donors (Lipinski definition) is 3. The molecule has 4 aliphatic rings. The molecule has 3 aliphatic heterocycles. The van der Waals surface area contributed by atoms with Crippen LogP contribution in [0.2, 0.25) is 5.02 Å². The number of amides is 1. The van der Waals surface area contributed by atoms with E-state index in [-0.39, 0.29) is 23.1 Å². The van der Waals surface area contributed by atoms with Crippen LogP contribution in [-0.2, 0) is 0 Å². The van der Waals surface area contributed by atoms with Crippen LogP contribution in [0.1, 0.15) is 36.2 Å². The molecule has 1 saturated carbocycles. The van der Waals surface area contributed by atoms with E-state index in [9.17, 15) is 14.3 Å². The number of H-pyrrole nitrogens is 1. The zero-order valence-electron chi connectivity index (χ0n) is 18.0. The first kappa shape index (κ1) is 20.9. The van der Waals surface area contributed by atoms with Gasteiger partial charge in [0.2, 0.25) is 0 Å². The third-order valence-electron chi connectivity index (χ3n) is 8.16. The number of aliphatic hydroxyl groups is 1. The van der Waals surface area contributed by atoms with E-state index < -0.39 is 5.82 Å². The zero-order chi connectivity index (χ0) is 22.0. The maximum atomic E-state index is 13.8. The van der Waals surface area contributed by atoms with Gasteiger partial charge in [-0.2, -0.15) is 0 Å². The Morgan fingerprint density at radius 2 is 2.06 bits per heavy atom. The molecule has 1 aromatic carbocycles. The molecule has 9 heteroatoms. The molecule has 0 bridgehead atoms. The van der Waals surface area contributed by atoms with Gasteiger partial charge in [-0.1, -0.05) is 11.6 Å². The highest BCUT2D eigenvalue weighted by atomic mass is 35.5. The van der Waals surface area contributed by atoms with Gasteiger partial charge in [0.15, 0.2) is 0 Å². The number of nitrogens with one attached hydrogen (secondary N) is 2. The fourth-order valence-corrected chi connectivity index (χ4v) is 6.36. The Balaban J connectivity index is 1.22. The monoisotopic (exact) mass is 461 g/mol. The summed E-state index contributed by atoms with van der Waals surface area (Å²) >= 11 is 5.90. The Labute approximate surface area is 191 Å². The van der Waals surface area contributed by atoms with E-state index in [1.54, 1.807) is 6.07 Å². The zero-order valence-corrected chi connectivity index (χ0v) is 18.7. The largest absolute Gasteiger partial charge is 0.395 e. The lowest BCUT2D eigenvalue weighted by Crippen LogP contribution is -2.51. The van der Waals surface area contributed by atoms with Crippen molar-refractivity contribution in [1.82, 2.24) is 25.2 Å². The summed E-state index contributed by atoms with van der Waals surface area (Å²) in [5.41, 5.74) is 5.15. The second-order valence-electron chi connectivity index (χ2n) is 9.88. The van der Waals surface area contributed by atoms with Gasteiger partial charge in [-0.05, 0) is 43.9 Å². The molecule has 3 unspecified atom stereocenters. The fraction of sp³-hybridized carbons (Fsp3) is 0.609. The molecule has 1 aliphatic carbocycles. The van der Waals surface area contributed by atoms with E-state index in [0.717, 1.165) is 32.5 Å². The molecule has 2 aromatic rings. The number of rotatable bonds is 3. The number of aliphatic hydroxyl groups excluding tert-OH is 1. The number of aromatic nitrogens is 1. The third-order valence-corrected chi connectivity index (χ3v) is 8.45. The normalized spacial score (nSPS) is 29.8. The van der Waals surface area contributed by atoms with Crippen LogP contribution in [0.15, 0.2) is 18.2 Å². The topological polar surface area (TPSA) is 74.8 Å². The molecule has 1 amide bonds. The maximum absolute atomic E-state index is 13.8. The second-order valence-corrected chi connectivity index (χ2v) is 10.3. The van der Waals surface area contributed by atoms with Gasteiger partial charge in [0.25, 0.3) is 5.91 Å². The summed E-state index contributed by atoms with van der Waals surface area (Å²) in [7, 11) is 0. The minimum Gasteiger partial charge on any atom is -0.395 e. The molecule has 6 rings (SSSR count). The molecule has 4 heterocycles. The number of piperidine rings is 1. The molecule has 1 aromatic heterocycles. The summed E-state index contributed by atoms with van der Waals surface area (Å²) in [5, 5.41) is 12.7. The van der Waals surface area contributed by atoms with Crippen molar-refractivity contribution in [2.75, 3.05) is 39.3 Å². The Bertz CT molecular complexity index is 1020. The summed E-state index contributed by atoms with van der Waals surface area (Å²) in [6.45, 7) is 4.25. The number of fused-ring (bicyclic) bond motifs is 4. The minimum absolute atomic E-state index is 0.0468. The molecule has 3 saturated heterocycles. The first-order valence-corrected chi connectivity index (χ1v) is 12.0. The summed E-state index contributed by atoms with van der Waals surface area (Å²) in [4.78, 5) is 20.9. The second kappa shape index (κ2) is 7.67. The summed E-state index contributed by atoms with van der Waals surface area (Å²) < 4.78 is 13.8. The van der Waals surface area contributed by atoms with Crippen molar-refractivity contribution < 1.29 is 14.3 Å². The van der Waals surface area contributed by atoms with E-state index in [4.69, 9.17) is 11.6 Å². The van der Waals surface area contributed by atoms with Crippen molar-refractivity contribution in [1.29, 1.82) is 0 Å². The highest BCUT2D eigenvalue weighted by molar-refractivity contribution is 6.31. The van der Waals surface area contributed by atoms with E-state index in [2.05, 4.69) is 20.3 Å². The number of carbonyl (C=O) groups excluding carboxylic acids is 1. The van der Waals surface area contributed by atoms with Crippen LogP contribution in [0.4, 0.5) is 4.39 Å². The molecule has 3 N–H and O–H groups in total. The number of benzene rings is 1. The molecule has 3 atom stereocenters. The molecule has 32 heavy (non-hydrogen) atoms. The predicted molar refractivity (Wildman–Crippen MR) is 120 cm³/mol. The van der Waals surface area contributed by atoms with Crippen LogP contribution in [0.3, 0.4) is 0 Å². The number of β-amino-alcohol motifs (C(OH)–C–C–N with tert-alkyl or cyclic N) is 1. The number of hydrazine groups is 1. The lowest BCUT2D eigenvalue weighted by atomic mass is 9.87. The van der Waals surface area contributed by atoms with Crippen molar-refractivity contribution in [2.24, 2.45) is 5.92 Å². The van der Waals surface area contributed by atoms with E-state index in [0.29, 0.717) is 47.7 Å². The van der Waals surface area contributed by atoms with E-state index in [1.165, 1.54) is 25.0 Å². The van der Waals surface area contributed by atoms with Crippen LogP contribution in [-0.4, -0.2) is 87.8 Å². The molecule has 172 valence electrons. The van der Waals surface area contributed by atoms with E-state index >= 15 is 0 Å². The fourth-order valence-electron chi connectivity index (χ4n) is 6.20. The van der Waals surface area contributed by atoms with Gasteiger partial charge in [0.05, 0.1) is 11.6 Å². The van der Waals surface area contributed by atoms with Crippen LogP contribution in [0.5, 0.6) is 0 Å². The Hall–Kier alpha value is -1.71. The van der Waals surface area contributed by atoms with Crippen LogP contribution >= 0.6 is 11.6 Å². The van der Waals surface area contributed by atoms with E-state index in [1.807, 2.05) is 4.90 Å². The molecule has 1 spiro atoms. The van der Waals surface area contributed by atoms with Gasteiger partial charge in [0.1, 0.15) is 11.5 Å². The highest BCUT2D eigenvalue weighted by Crippen LogP contribution is 2.47. The summed E-state index contributed by atoms with van der Waals surface area (Å²) in [6, 6.07) is 5.32. The van der Waals surface area contributed by atoms with Gasteiger partial charge in [-0.3, -0.25) is 15.1 Å². The lowest BCUT2D eigenvalue weighted by molar-refractivity contribution is 0.0615. The van der Waals surface area contributed by atoms with Crippen LogP contribution in [0.25, 0.3) is 10.9 Å². The predicted octanol–water partition coefficient (Wildman–Crippen LogP) is 2.21. The maximum Gasteiger partial charge on any atom is 0.270 e. The van der Waals surface area contributed by atoms with Gasteiger partial charge in [-0.25, -0.2) is 9.40 Å². The molecule has 7 nitrogen and oxygen atoms in total. The third kappa shape index (κ3) is 3.35. The first-order valence-electron chi connectivity index (χ1n) is 11.6. The Morgan fingerprint density at radius 1 is 1.22 bits per heavy atom. The number of hydrogen-bond acceptors (Lipinski definition) is 5. The SMILES string of the molecule is O=C(c1cc2cc(F)c(Cl)cc2[nH]1)N1CCC2NN3CCC4(CC4)N(CCO)CC3C2C1. The van der Waals surface area contributed by atoms with Gasteiger partial charge < -0.3 is 15.0 Å². The smallest absolute Gasteiger partial charge is 0.270 e. The Kier molecular flexibility index (Phi) is 5.00. The standard InChI is InChI=1S/C23H29ClFN5O2/c24-16-11-19-14(9-17(16)25)10-20(26-19)22(32)28-5-1-18-15(12-28)21-13-29(7-8-31)23(2-3-23)4-6-30(21)27-18/h9-11,15,18,21,26-27,31H,1-8,12-13H2. The summed E-state index contributed by atoms with van der Waals surface area (Å²) in [6.07, 6.45) is 4.48. The van der Waals surface area contributed by atoms with Crippen LogP contribution in [0, 0.1) is 11.7 Å². The van der Waals surface area contributed by atoms with Crippen molar-refractivity contribution in [3.8, 4) is 0 Å². The lowest BCUT2D eigenvalue weighted by Gasteiger charge is -2.38. The quantitative estimate of drug-likeness (QED) is 0.653. The molecule has 0 radical (unpaired) electrons.